The van der Waals surface area contributed by atoms with Crippen LogP contribution in [0.2, 0.25) is 0 Å². The third kappa shape index (κ3) is 5.65. The van der Waals surface area contributed by atoms with E-state index in [2.05, 4.69) is 40.3 Å². The average Bonchev–Trinajstić information content (AvgIpc) is 2.65. The number of rotatable bonds is 7. The second-order valence-corrected chi connectivity index (χ2v) is 6.29. The second kappa shape index (κ2) is 9.65. The summed E-state index contributed by atoms with van der Waals surface area (Å²) >= 11 is 0. The van der Waals surface area contributed by atoms with E-state index in [-0.39, 0.29) is 0 Å². The van der Waals surface area contributed by atoms with Crippen molar-refractivity contribution in [1.29, 1.82) is 0 Å². The molecular weight excluding hydrogens is 326 g/mol. The first-order chi connectivity index (χ1) is 12.5. The van der Waals surface area contributed by atoms with E-state index in [1.807, 2.05) is 50.4 Å². The van der Waals surface area contributed by atoms with Gasteiger partial charge in [-0.15, -0.1) is 0 Å². The van der Waals surface area contributed by atoms with Crippen molar-refractivity contribution in [3.05, 3.63) is 53.7 Å². The molecule has 0 radical (unpaired) electrons. The summed E-state index contributed by atoms with van der Waals surface area (Å²) in [7, 11) is 7.70. The summed E-state index contributed by atoms with van der Waals surface area (Å²) in [6, 6.07) is 12.2. The van der Waals surface area contributed by atoms with Crippen molar-refractivity contribution < 1.29 is 4.74 Å². The van der Waals surface area contributed by atoms with E-state index in [9.17, 15) is 0 Å². The average molecular weight is 355 g/mol. The van der Waals surface area contributed by atoms with Gasteiger partial charge in [0, 0.05) is 40.4 Å². The topological polar surface area (TPSA) is 53.0 Å². The second-order valence-electron chi connectivity index (χ2n) is 6.29. The van der Waals surface area contributed by atoms with Gasteiger partial charge in [-0.2, -0.15) is 0 Å². The van der Waals surface area contributed by atoms with E-state index in [0.29, 0.717) is 6.54 Å². The number of nitrogens with one attached hydrogen (secondary N) is 1. The highest BCUT2D eigenvalue weighted by Crippen LogP contribution is 2.13. The van der Waals surface area contributed by atoms with Crippen molar-refractivity contribution in [1.82, 2.24) is 15.2 Å². The zero-order chi connectivity index (χ0) is 18.9. The lowest BCUT2D eigenvalue weighted by atomic mass is 10.2. The predicted molar refractivity (Wildman–Crippen MR) is 108 cm³/mol. The van der Waals surface area contributed by atoms with Gasteiger partial charge in [-0.3, -0.25) is 0 Å². The molecular formula is C20H29N5O. The number of pyridine rings is 1. The highest BCUT2D eigenvalue weighted by atomic mass is 16.5. The lowest BCUT2D eigenvalue weighted by Gasteiger charge is -2.22. The molecule has 1 heterocycles. The molecule has 1 aromatic carbocycles. The van der Waals surface area contributed by atoms with Crippen LogP contribution in [0.1, 0.15) is 18.1 Å². The molecule has 0 aliphatic carbocycles. The smallest absolute Gasteiger partial charge is 0.194 e. The molecule has 0 saturated carbocycles. The molecule has 140 valence electrons. The van der Waals surface area contributed by atoms with E-state index in [4.69, 9.17) is 9.73 Å². The van der Waals surface area contributed by atoms with Crippen molar-refractivity contribution in [3.63, 3.8) is 0 Å². The van der Waals surface area contributed by atoms with Crippen LogP contribution in [0.4, 0.5) is 5.82 Å². The lowest BCUT2D eigenvalue weighted by Crippen LogP contribution is -2.38. The number of guanidine groups is 1. The quantitative estimate of drug-likeness (QED) is 0.611. The Morgan fingerprint density at radius 3 is 2.46 bits per heavy atom. The molecule has 0 bridgehead atoms. The van der Waals surface area contributed by atoms with Crippen LogP contribution in [-0.4, -0.2) is 50.6 Å². The van der Waals surface area contributed by atoms with Gasteiger partial charge in [0.05, 0.1) is 13.7 Å². The third-order valence-corrected chi connectivity index (χ3v) is 3.95. The van der Waals surface area contributed by atoms with Crippen molar-refractivity contribution in [2.45, 2.75) is 20.0 Å². The summed E-state index contributed by atoms with van der Waals surface area (Å²) in [5, 5.41) is 3.36. The van der Waals surface area contributed by atoms with Gasteiger partial charge in [-0.25, -0.2) is 9.98 Å². The molecule has 26 heavy (non-hydrogen) atoms. The molecule has 0 unspecified atom stereocenters. The minimum absolute atomic E-state index is 0.610. The van der Waals surface area contributed by atoms with Crippen LogP contribution < -0.4 is 15.0 Å². The number of nitrogens with zero attached hydrogens (tertiary/aromatic N) is 4. The molecule has 0 saturated heterocycles. The molecule has 1 N–H and O–H groups in total. The Morgan fingerprint density at radius 1 is 1.12 bits per heavy atom. The summed E-state index contributed by atoms with van der Waals surface area (Å²) in [5.41, 5.74) is 2.34. The van der Waals surface area contributed by atoms with E-state index < -0.39 is 0 Å². The van der Waals surface area contributed by atoms with Gasteiger partial charge in [0.25, 0.3) is 0 Å². The highest BCUT2D eigenvalue weighted by Gasteiger charge is 2.07. The largest absolute Gasteiger partial charge is 0.497 e. The van der Waals surface area contributed by atoms with Crippen LogP contribution in [0.25, 0.3) is 0 Å². The van der Waals surface area contributed by atoms with Crippen molar-refractivity contribution in [2.75, 3.05) is 39.7 Å². The van der Waals surface area contributed by atoms with Crippen molar-refractivity contribution in [2.24, 2.45) is 4.99 Å². The van der Waals surface area contributed by atoms with Gasteiger partial charge < -0.3 is 19.9 Å². The Bertz CT molecular complexity index is 712. The van der Waals surface area contributed by atoms with Crippen molar-refractivity contribution in [3.8, 4) is 5.75 Å². The van der Waals surface area contributed by atoms with E-state index in [1.54, 1.807) is 7.11 Å². The minimum Gasteiger partial charge on any atom is -0.497 e. The summed E-state index contributed by atoms with van der Waals surface area (Å²) < 4.78 is 5.22. The van der Waals surface area contributed by atoms with Crippen LogP contribution in [0.3, 0.4) is 0 Å². The summed E-state index contributed by atoms with van der Waals surface area (Å²) in [6.07, 6.45) is 1.83. The number of ether oxygens (including phenoxy) is 1. The Labute approximate surface area is 156 Å². The molecule has 6 nitrogen and oxygen atoms in total. The van der Waals surface area contributed by atoms with Gasteiger partial charge >= 0.3 is 0 Å². The first kappa shape index (κ1) is 19.6. The Hall–Kier alpha value is -2.76. The zero-order valence-corrected chi connectivity index (χ0v) is 16.4. The number of benzene rings is 1. The molecule has 0 atom stereocenters. The molecule has 0 aliphatic heterocycles. The SMILES string of the molecule is CCNC(=NCc1ccnc(N(C)C)c1)N(C)Cc1ccc(OC)cc1. The van der Waals surface area contributed by atoms with Gasteiger partial charge in [-0.1, -0.05) is 12.1 Å². The molecule has 2 rings (SSSR count). The third-order valence-electron chi connectivity index (χ3n) is 3.95. The van der Waals surface area contributed by atoms with Gasteiger partial charge in [0.2, 0.25) is 0 Å². The van der Waals surface area contributed by atoms with Crippen LogP contribution in [-0.2, 0) is 13.1 Å². The Kier molecular flexibility index (Phi) is 7.26. The van der Waals surface area contributed by atoms with Crippen LogP contribution in [0.5, 0.6) is 5.75 Å². The maximum Gasteiger partial charge on any atom is 0.194 e. The highest BCUT2D eigenvalue weighted by molar-refractivity contribution is 5.79. The minimum atomic E-state index is 0.610. The maximum absolute atomic E-state index is 5.22. The van der Waals surface area contributed by atoms with Crippen LogP contribution in [0, 0.1) is 0 Å². The number of hydrogen-bond acceptors (Lipinski definition) is 4. The normalized spacial score (nSPS) is 11.2. The monoisotopic (exact) mass is 355 g/mol. The molecule has 2 aromatic rings. The van der Waals surface area contributed by atoms with Crippen LogP contribution in [0.15, 0.2) is 47.6 Å². The maximum atomic E-state index is 5.22. The fraction of sp³-hybridized carbons (Fsp3) is 0.400. The summed E-state index contributed by atoms with van der Waals surface area (Å²) in [5.74, 6) is 2.69. The molecule has 1 aromatic heterocycles. The number of aromatic nitrogens is 1. The number of methoxy groups -OCH3 is 1. The Morgan fingerprint density at radius 2 is 1.85 bits per heavy atom. The molecule has 0 fully saturated rings. The van der Waals surface area contributed by atoms with Gasteiger partial charge in [0.15, 0.2) is 5.96 Å². The lowest BCUT2D eigenvalue weighted by molar-refractivity contribution is 0.414. The van der Waals surface area contributed by atoms with Gasteiger partial charge in [-0.05, 0) is 42.3 Å². The summed E-state index contributed by atoms with van der Waals surface area (Å²) in [6.45, 7) is 4.28. The number of anilines is 1. The number of aliphatic imine (C=N–C) groups is 1. The summed E-state index contributed by atoms with van der Waals surface area (Å²) in [4.78, 5) is 13.2. The van der Waals surface area contributed by atoms with Crippen LogP contribution >= 0.6 is 0 Å². The molecule has 0 spiro atoms. The zero-order valence-electron chi connectivity index (χ0n) is 16.4. The van der Waals surface area contributed by atoms with E-state index in [1.165, 1.54) is 5.56 Å². The molecule has 6 heteroatoms. The fourth-order valence-electron chi connectivity index (χ4n) is 2.52. The van der Waals surface area contributed by atoms with Gasteiger partial charge in [0.1, 0.15) is 11.6 Å². The number of hydrogen-bond donors (Lipinski definition) is 1. The molecule has 0 amide bonds. The Balaban J connectivity index is 2.07. The van der Waals surface area contributed by atoms with Crippen molar-refractivity contribution >= 4 is 11.8 Å². The standard InChI is InChI=1S/C20H29N5O/c1-6-21-20(23-14-17-11-12-22-19(13-17)24(2)3)25(4)15-16-7-9-18(26-5)10-8-16/h7-13H,6,14-15H2,1-5H3,(H,21,23). The predicted octanol–water partition coefficient (Wildman–Crippen LogP) is 2.75. The van der Waals surface area contributed by atoms with E-state index in [0.717, 1.165) is 36.2 Å². The fourth-order valence-corrected chi connectivity index (χ4v) is 2.52. The first-order valence-corrected chi connectivity index (χ1v) is 8.78. The molecule has 0 aliphatic rings. The first-order valence-electron chi connectivity index (χ1n) is 8.78. The van der Waals surface area contributed by atoms with E-state index >= 15 is 0 Å².